The number of nitrogens with zero attached hydrogens (tertiary/aromatic N) is 2. The Balaban J connectivity index is 1.73. The van der Waals surface area contributed by atoms with Gasteiger partial charge in [-0.15, -0.1) is 0 Å². The second-order valence-electron chi connectivity index (χ2n) is 6.11. The van der Waals surface area contributed by atoms with Crippen LogP contribution in [0.4, 0.5) is 4.39 Å². The number of H-pyrrole nitrogens is 1. The van der Waals surface area contributed by atoms with Gasteiger partial charge in [0.1, 0.15) is 23.2 Å². The van der Waals surface area contributed by atoms with Gasteiger partial charge in [-0.25, -0.2) is 9.37 Å². The Morgan fingerprint density at radius 1 is 1.46 bits per heavy atom. The van der Waals surface area contributed by atoms with E-state index >= 15 is 0 Å². The van der Waals surface area contributed by atoms with Crippen LogP contribution in [-0.2, 0) is 4.74 Å². The molecule has 0 saturated heterocycles. The van der Waals surface area contributed by atoms with Crippen molar-refractivity contribution in [3.63, 3.8) is 0 Å². The Morgan fingerprint density at radius 3 is 3.00 bits per heavy atom. The van der Waals surface area contributed by atoms with Gasteiger partial charge in [0.25, 0.3) is 0 Å². The highest BCUT2D eigenvalue weighted by Crippen LogP contribution is 2.27. The second-order valence-corrected chi connectivity index (χ2v) is 6.11. The van der Waals surface area contributed by atoms with Crippen LogP contribution in [0, 0.1) is 11.2 Å². The average molecular weight is 332 g/mol. The molecule has 1 aromatic heterocycles. The number of hydrogen-bond donors (Lipinski definition) is 3. The standard InChI is InChI=1S/C17H21FN4O2/c1-10(2)24-7-3-6-22-9-14(23)15(16(22)19)17-20-12-5-4-11(18)8-13(12)21-17/h4-5,8,10,19,23H,3,6-7,9H2,1-2H3,(H,20,21). The molecule has 3 rings (SSSR count). The van der Waals surface area contributed by atoms with Gasteiger partial charge in [-0.2, -0.15) is 0 Å². The van der Waals surface area contributed by atoms with Crippen molar-refractivity contribution in [2.75, 3.05) is 19.7 Å². The molecule has 0 bridgehead atoms. The van der Waals surface area contributed by atoms with E-state index in [2.05, 4.69) is 9.97 Å². The predicted octanol–water partition coefficient (Wildman–Crippen LogP) is 3.08. The number of imidazole rings is 1. The third kappa shape index (κ3) is 3.26. The number of ether oxygens (including phenoxy) is 1. The maximum Gasteiger partial charge on any atom is 0.145 e. The zero-order valence-electron chi connectivity index (χ0n) is 13.8. The first kappa shape index (κ1) is 16.4. The van der Waals surface area contributed by atoms with Crippen LogP contribution in [0.2, 0.25) is 0 Å². The van der Waals surface area contributed by atoms with Crippen LogP contribution in [0.15, 0.2) is 24.0 Å². The number of halogens is 1. The first-order valence-electron chi connectivity index (χ1n) is 7.99. The molecule has 2 aromatic rings. The third-order valence-electron chi connectivity index (χ3n) is 3.89. The molecule has 0 unspecified atom stereocenters. The number of aromatic nitrogens is 2. The molecule has 0 spiro atoms. The van der Waals surface area contributed by atoms with E-state index in [9.17, 15) is 9.50 Å². The van der Waals surface area contributed by atoms with Crippen molar-refractivity contribution in [3.8, 4) is 0 Å². The number of aliphatic hydroxyl groups excluding tert-OH is 1. The summed E-state index contributed by atoms with van der Waals surface area (Å²) < 4.78 is 18.8. The van der Waals surface area contributed by atoms with E-state index in [1.165, 1.54) is 12.1 Å². The van der Waals surface area contributed by atoms with Gasteiger partial charge in [0, 0.05) is 13.2 Å². The summed E-state index contributed by atoms with van der Waals surface area (Å²) in [6.07, 6.45) is 0.952. The number of hydrogen-bond acceptors (Lipinski definition) is 4. The van der Waals surface area contributed by atoms with Gasteiger partial charge in [0.05, 0.1) is 29.3 Å². The van der Waals surface area contributed by atoms with Crippen molar-refractivity contribution in [1.29, 1.82) is 5.41 Å². The molecule has 2 heterocycles. The molecule has 0 amide bonds. The lowest BCUT2D eigenvalue weighted by atomic mass is 10.2. The minimum absolute atomic E-state index is 0.101. The SMILES string of the molecule is CC(C)OCCCN1CC(O)=C(c2nc3ccc(F)cc3[nH]2)C1=N. The largest absolute Gasteiger partial charge is 0.510 e. The summed E-state index contributed by atoms with van der Waals surface area (Å²) in [5.41, 5.74) is 1.52. The lowest BCUT2D eigenvalue weighted by Crippen LogP contribution is -2.28. The van der Waals surface area contributed by atoms with Crippen LogP contribution in [0.3, 0.4) is 0 Å². The van der Waals surface area contributed by atoms with E-state index in [-0.39, 0.29) is 30.1 Å². The maximum atomic E-state index is 13.3. The second kappa shape index (κ2) is 6.60. The Kier molecular flexibility index (Phi) is 4.53. The quantitative estimate of drug-likeness (QED) is 0.710. The van der Waals surface area contributed by atoms with Crippen LogP contribution in [-0.4, -0.2) is 51.6 Å². The number of benzene rings is 1. The van der Waals surface area contributed by atoms with Crippen molar-refractivity contribution >= 4 is 22.4 Å². The molecule has 0 fully saturated rings. The summed E-state index contributed by atoms with van der Waals surface area (Å²) in [7, 11) is 0. The molecule has 24 heavy (non-hydrogen) atoms. The first-order chi connectivity index (χ1) is 11.5. The Hall–Kier alpha value is -2.41. The average Bonchev–Trinajstić information content (AvgIpc) is 3.03. The maximum absolute atomic E-state index is 13.3. The van der Waals surface area contributed by atoms with E-state index < -0.39 is 0 Å². The minimum Gasteiger partial charge on any atom is -0.510 e. The molecule has 1 aliphatic rings. The lowest BCUT2D eigenvalue weighted by Gasteiger charge is -2.18. The van der Waals surface area contributed by atoms with Crippen molar-refractivity contribution in [3.05, 3.63) is 35.6 Å². The van der Waals surface area contributed by atoms with E-state index in [1.54, 1.807) is 11.0 Å². The van der Waals surface area contributed by atoms with Crippen LogP contribution >= 0.6 is 0 Å². The van der Waals surface area contributed by atoms with Gasteiger partial charge < -0.3 is 19.7 Å². The molecule has 0 aliphatic carbocycles. The fraction of sp³-hybridized carbons (Fsp3) is 0.412. The highest BCUT2D eigenvalue weighted by Gasteiger charge is 2.29. The normalized spacial score (nSPS) is 15.3. The summed E-state index contributed by atoms with van der Waals surface area (Å²) in [4.78, 5) is 9.12. The summed E-state index contributed by atoms with van der Waals surface area (Å²) in [6.45, 7) is 5.47. The molecule has 128 valence electrons. The fourth-order valence-corrected chi connectivity index (χ4v) is 2.75. The number of aliphatic hydroxyl groups is 1. The summed E-state index contributed by atoms with van der Waals surface area (Å²) >= 11 is 0. The molecule has 7 heteroatoms. The molecule has 3 N–H and O–H groups in total. The number of aromatic amines is 1. The van der Waals surface area contributed by atoms with Gasteiger partial charge in [0.2, 0.25) is 0 Å². The summed E-state index contributed by atoms with van der Waals surface area (Å²) in [6, 6.07) is 4.26. The number of rotatable bonds is 6. The zero-order chi connectivity index (χ0) is 17.3. The van der Waals surface area contributed by atoms with E-state index in [0.717, 1.165) is 6.42 Å². The third-order valence-corrected chi connectivity index (χ3v) is 3.89. The number of nitrogens with one attached hydrogen (secondary N) is 2. The van der Waals surface area contributed by atoms with Gasteiger partial charge >= 0.3 is 0 Å². The van der Waals surface area contributed by atoms with Crippen LogP contribution in [0.5, 0.6) is 0 Å². The first-order valence-corrected chi connectivity index (χ1v) is 7.99. The Bertz CT molecular complexity index is 797. The molecular formula is C17H21FN4O2. The number of amidine groups is 1. The van der Waals surface area contributed by atoms with Crippen molar-refractivity contribution in [2.45, 2.75) is 26.4 Å². The highest BCUT2D eigenvalue weighted by molar-refractivity contribution is 6.23. The van der Waals surface area contributed by atoms with Gasteiger partial charge in [-0.1, -0.05) is 0 Å². The van der Waals surface area contributed by atoms with Gasteiger partial charge in [0.15, 0.2) is 0 Å². The molecule has 0 saturated carbocycles. The van der Waals surface area contributed by atoms with Gasteiger partial charge in [-0.3, -0.25) is 5.41 Å². The smallest absolute Gasteiger partial charge is 0.145 e. The summed E-state index contributed by atoms with van der Waals surface area (Å²) in [5, 5.41) is 18.5. The van der Waals surface area contributed by atoms with Gasteiger partial charge in [-0.05, 0) is 38.5 Å². The predicted molar refractivity (Wildman–Crippen MR) is 90.6 cm³/mol. The van der Waals surface area contributed by atoms with E-state index in [0.29, 0.717) is 35.6 Å². The van der Waals surface area contributed by atoms with Crippen LogP contribution in [0.25, 0.3) is 16.6 Å². The van der Waals surface area contributed by atoms with Crippen LogP contribution in [0.1, 0.15) is 26.1 Å². The molecular weight excluding hydrogens is 311 g/mol. The lowest BCUT2D eigenvalue weighted by molar-refractivity contribution is 0.0742. The molecule has 0 atom stereocenters. The molecule has 0 radical (unpaired) electrons. The highest BCUT2D eigenvalue weighted by atomic mass is 19.1. The van der Waals surface area contributed by atoms with Crippen LogP contribution < -0.4 is 0 Å². The number of fused-ring (bicyclic) bond motifs is 1. The van der Waals surface area contributed by atoms with Crippen molar-refractivity contribution in [1.82, 2.24) is 14.9 Å². The molecule has 1 aromatic carbocycles. The molecule has 1 aliphatic heterocycles. The van der Waals surface area contributed by atoms with E-state index in [4.69, 9.17) is 10.1 Å². The summed E-state index contributed by atoms with van der Waals surface area (Å²) in [5.74, 6) is 0.351. The Labute approximate surface area is 139 Å². The molecule has 6 nitrogen and oxygen atoms in total. The minimum atomic E-state index is -0.357. The Morgan fingerprint density at radius 2 is 2.25 bits per heavy atom. The van der Waals surface area contributed by atoms with Crippen molar-refractivity contribution in [2.24, 2.45) is 0 Å². The fourth-order valence-electron chi connectivity index (χ4n) is 2.75. The topological polar surface area (TPSA) is 85.2 Å². The zero-order valence-corrected chi connectivity index (χ0v) is 13.8. The van der Waals surface area contributed by atoms with E-state index in [1.807, 2.05) is 13.8 Å². The van der Waals surface area contributed by atoms with Crippen molar-refractivity contribution < 1.29 is 14.2 Å². The monoisotopic (exact) mass is 332 g/mol.